The Bertz CT molecular complexity index is 1080. The Kier molecular flexibility index (Phi) is 6.81. The van der Waals surface area contributed by atoms with E-state index in [2.05, 4.69) is 22.4 Å². The fourth-order valence-corrected chi connectivity index (χ4v) is 5.86. The molecule has 4 rings (SSSR count). The van der Waals surface area contributed by atoms with Crippen LogP contribution in [0.15, 0.2) is 48.5 Å². The highest BCUT2D eigenvalue weighted by atomic mass is 32.2. The summed E-state index contributed by atoms with van der Waals surface area (Å²) in [6.07, 6.45) is -0.721. The van der Waals surface area contributed by atoms with Gasteiger partial charge in [-0.25, -0.2) is 14.6 Å². The number of benzene rings is 2. The second kappa shape index (κ2) is 9.75. The highest BCUT2D eigenvalue weighted by Crippen LogP contribution is 2.44. The normalized spacial score (nSPS) is 13.3. The van der Waals surface area contributed by atoms with Crippen LogP contribution in [0.1, 0.15) is 32.6 Å². The van der Waals surface area contributed by atoms with Gasteiger partial charge in [0.25, 0.3) is 0 Å². The summed E-state index contributed by atoms with van der Waals surface area (Å²) in [7, 11) is 0. The number of thioether (sulfide) groups is 1. The lowest BCUT2D eigenvalue weighted by atomic mass is 9.98. The second-order valence-corrected chi connectivity index (χ2v) is 9.94. The Morgan fingerprint density at radius 3 is 2.31 bits per heavy atom. The van der Waals surface area contributed by atoms with E-state index in [1.165, 1.54) is 11.8 Å². The summed E-state index contributed by atoms with van der Waals surface area (Å²) < 4.78 is 5.47. The summed E-state index contributed by atoms with van der Waals surface area (Å²) in [6, 6.07) is 15.1. The zero-order valence-corrected chi connectivity index (χ0v) is 19.5. The SMILES string of the molecule is Cc1nc(CSCC(NC(=O)OCC2c3ccccc3-c3ccccc32)C(=O)O)sc1C. The van der Waals surface area contributed by atoms with Gasteiger partial charge in [-0.05, 0) is 36.1 Å². The highest BCUT2D eigenvalue weighted by molar-refractivity contribution is 7.98. The van der Waals surface area contributed by atoms with Crippen LogP contribution < -0.4 is 5.32 Å². The largest absolute Gasteiger partial charge is 0.480 e. The number of ether oxygens (including phenoxy) is 1. The van der Waals surface area contributed by atoms with Crippen molar-refractivity contribution in [1.82, 2.24) is 10.3 Å². The van der Waals surface area contributed by atoms with Gasteiger partial charge in [0.15, 0.2) is 0 Å². The number of carbonyl (C=O) groups excluding carboxylic acids is 1. The molecule has 0 bridgehead atoms. The van der Waals surface area contributed by atoms with Crippen LogP contribution in [0.25, 0.3) is 11.1 Å². The van der Waals surface area contributed by atoms with Gasteiger partial charge >= 0.3 is 12.1 Å². The van der Waals surface area contributed by atoms with Crippen LogP contribution in [0, 0.1) is 13.8 Å². The maximum absolute atomic E-state index is 12.4. The number of aryl methyl sites for hydroxylation is 2. The van der Waals surface area contributed by atoms with Crippen molar-refractivity contribution >= 4 is 35.2 Å². The number of hydrogen-bond donors (Lipinski definition) is 2. The zero-order valence-electron chi connectivity index (χ0n) is 17.8. The molecule has 0 aliphatic heterocycles. The van der Waals surface area contributed by atoms with Crippen molar-refractivity contribution in [3.05, 3.63) is 75.2 Å². The fraction of sp³-hybridized carbons (Fsp3) is 0.292. The Hall–Kier alpha value is -2.84. The number of hydrogen-bond acceptors (Lipinski definition) is 6. The number of aliphatic carboxylic acids is 1. The molecule has 1 aliphatic carbocycles. The average Bonchev–Trinajstić information content (AvgIpc) is 3.27. The van der Waals surface area contributed by atoms with Crippen molar-refractivity contribution in [2.45, 2.75) is 31.6 Å². The number of carbonyl (C=O) groups is 2. The number of amides is 1. The molecule has 1 aliphatic rings. The van der Waals surface area contributed by atoms with Gasteiger partial charge < -0.3 is 15.2 Å². The first kappa shape index (κ1) is 22.4. The molecule has 0 saturated carbocycles. The molecular weight excluding hydrogens is 444 g/mol. The van der Waals surface area contributed by atoms with Crippen molar-refractivity contribution in [1.29, 1.82) is 0 Å². The van der Waals surface area contributed by atoms with Crippen LogP contribution in [0.3, 0.4) is 0 Å². The van der Waals surface area contributed by atoms with Crippen molar-refractivity contribution in [2.24, 2.45) is 0 Å². The van der Waals surface area contributed by atoms with Gasteiger partial charge in [0.05, 0.1) is 5.69 Å². The third kappa shape index (κ3) is 4.81. The van der Waals surface area contributed by atoms with E-state index in [1.54, 1.807) is 11.3 Å². The van der Waals surface area contributed by atoms with Crippen LogP contribution in [-0.4, -0.2) is 40.6 Å². The second-order valence-electron chi connectivity index (χ2n) is 7.63. The minimum atomic E-state index is -1.09. The van der Waals surface area contributed by atoms with Gasteiger partial charge in [0.1, 0.15) is 17.7 Å². The molecule has 1 atom stereocenters. The molecule has 2 aromatic carbocycles. The van der Waals surface area contributed by atoms with Crippen LogP contribution in [0.2, 0.25) is 0 Å². The van der Waals surface area contributed by atoms with E-state index in [1.807, 2.05) is 50.2 Å². The molecule has 6 nitrogen and oxygen atoms in total. The molecule has 0 fully saturated rings. The summed E-state index contributed by atoms with van der Waals surface area (Å²) in [4.78, 5) is 29.7. The van der Waals surface area contributed by atoms with E-state index in [9.17, 15) is 14.7 Å². The molecule has 2 N–H and O–H groups in total. The van der Waals surface area contributed by atoms with E-state index in [4.69, 9.17) is 4.74 Å². The number of nitrogens with zero attached hydrogens (tertiary/aromatic N) is 1. The molecule has 1 heterocycles. The Morgan fingerprint density at radius 2 is 1.75 bits per heavy atom. The number of alkyl carbamates (subject to hydrolysis) is 1. The molecular formula is C24H24N2O4S2. The maximum atomic E-state index is 12.4. The number of thiazole rings is 1. The standard InChI is InChI=1S/C24H24N2O4S2/c1-14-15(2)32-22(25-14)13-31-12-21(23(27)28)26-24(29)30-11-20-18-9-5-3-7-16(18)17-8-4-6-10-19(17)20/h3-10,20-21H,11-13H2,1-2H3,(H,26,29)(H,27,28). The quantitative estimate of drug-likeness (QED) is 0.484. The van der Waals surface area contributed by atoms with E-state index < -0.39 is 18.1 Å². The molecule has 1 amide bonds. The Morgan fingerprint density at radius 1 is 1.12 bits per heavy atom. The van der Waals surface area contributed by atoms with Gasteiger partial charge in [-0.15, -0.1) is 11.3 Å². The van der Waals surface area contributed by atoms with Crippen LogP contribution >= 0.6 is 23.1 Å². The summed E-state index contributed by atoms with van der Waals surface area (Å²) in [5.74, 6) is -0.313. The summed E-state index contributed by atoms with van der Waals surface area (Å²) in [5, 5.41) is 13.0. The molecule has 0 spiro atoms. The number of aromatic nitrogens is 1. The molecule has 0 radical (unpaired) electrons. The topological polar surface area (TPSA) is 88.5 Å². The Labute approximate surface area is 195 Å². The molecule has 8 heteroatoms. The number of fused-ring (bicyclic) bond motifs is 3. The number of nitrogens with one attached hydrogen (secondary N) is 1. The van der Waals surface area contributed by atoms with E-state index in [0.717, 1.165) is 37.8 Å². The predicted octanol–water partition coefficient (Wildman–Crippen LogP) is 4.99. The maximum Gasteiger partial charge on any atom is 0.407 e. The van der Waals surface area contributed by atoms with Crippen LogP contribution in [0.5, 0.6) is 0 Å². The third-order valence-electron chi connectivity index (χ3n) is 5.52. The molecule has 1 unspecified atom stereocenters. The van der Waals surface area contributed by atoms with Gasteiger partial charge in [0, 0.05) is 22.3 Å². The van der Waals surface area contributed by atoms with Gasteiger partial charge in [-0.2, -0.15) is 11.8 Å². The van der Waals surface area contributed by atoms with Crippen molar-refractivity contribution in [2.75, 3.05) is 12.4 Å². The summed E-state index contributed by atoms with van der Waals surface area (Å²) in [5.41, 5.74) is 5.51. The fourth-order valence-electron chi connectivity index (χ4n) is 3.82. The van der Waals surface area contributed by atoms with Crippen LogP contribution in [0.4, 0.5) is 4.79 Å². The summed E-state index contributed by atoms with van der Waals surface area (Å²) in [6.45, 7) is 4.12. The molecule has 166 valence electrons. The average molecular weight is 469 g/mol. The van der Waals surface area contributed by atoms with Crippen molar-refractivity contribution < 1.29 is 19.4 Å². The number of rotatable bonds is 8. The number of carboxylic acids is 1. The first-order chi connectivity index (χ1) is 15.4. The van der Waals surface area contributed by atoms with Gasteiger partial charge in [-0.1, -0.05) is 48.5 Å². The lowest BCUT2D eigenvalue weighted by Crippen LogP contribution is -2.43. The van der Waals surface area contributed by atoms with Gasteiger partial charge in [-0.3, -0.25) is 0 Å². The van der Waals surface area contributed by atoms with E-state index >= 15 is 0 Å². The number of carboxylic acid groups (broad SMARTS) is 1. The van der Waals surface area contributed by atoms with E-state index in [0.29, 0.717) is 5.75 Å². The minimum absolute atomic E-state index is 0.0674. The predicted molar refractivity (Wildman–Crippen MR) is 127 cm³/mol. The lowest BCUT2D eigenvalue weighted by Gasteiger charge is -2.17. The van der Waals surface area contributed by atoms with Gasteiger partial charge in [0.2, 0.25) is 0 Å². The van der Waals surface area contributed by atoms with E-state index in [-0.39, 0.29) is 18.3 Å². The smallest absolute Gasteiger partial charge is 0.407 e. The lowest BCUT2D eigenvalue weighted by molar-refractivity contribution is -0.138. The zero-order chi connectivity index (χ0) is 22.7. The molecule has 32 heavy (non-hydrogen) atoms. The third-order valence-corrected chi connectivity index (χ3v) is 7.82. The summed E-state index contributed by atoms with van der Waals surface area (Å²) >= 11 is 3.04. The highest BCUT2D eigenvalue weighted by Gasteiger charge is 2.29. The Balaban J connectivity index is 1.33. The van der Waals surface area contributed by atoms with Crippen LogP contribution in [-0.2, 0) is 15.3 Å². The molecule has 1 aromatic heterocycles. The van der Waals surface area contributed by atoms with Crippen molar-refractivity contribution in [3.63, 3.8) is 0 Å². The first-order valence-corrected chi connectivity index (χ1v) is 12.3. The minimum Gasteiger partial charge on any atom is -0.480 e. The monoisotopic (exact) mass is 468 g/mol. The van der Waals surface area contributed by atoms with Crippen molar-refractivity contribution in [3.8, 4) is 11.1 Å². The molecule has 3 aromatic rings. The molecule has 0 saturated heterocycles. The first-order valence-electron chi connectivity index (χ1n) is 10.3.